The average molecular weight is 392 g/mol. The zero-order chi connectivity index (χ0) is 20.2. The van der Waals surface area contributed by atoms with Crippen molar-refractivity contribution in [3.8, 4) is 17.2 Å². The lowest BCUT2D eigenvalue weighted by atomic mass is 10.2. The molecule has 2 heterocycles. The van der Waals surface area contributed by atoms with Crippen molar-refractivity contribution >= 4 is 34.0 Å². The maximum atomic E-state index is 5.38. The van der Waals surface area contributed by atoms with Crippen molar-refractivity contribution in [2.24, 2.45) is 0 Å². The number of benzene rings is 2. The molecule has 0 aliphatic rings. The lowest BCUT2D eigenvalue weighted by molar-refractivity contribution is 0.324. The fourth-order valence-corrected chi connectivity index (χ4v) is 2.94. The first kappa shape index (κ1) is 18.4. The predicted molar refractivity (Wildman–Crippen MR) is 111 cm³/mol. The van der Waals surface area contributed by atoms with Crippen LogP contribution in [-0.4, -0.2) is 41.5 Å². The topological polar surface area (TPSA) is 106 Å². The molecule has 0 spiro atoms. The van der Waals surface area contributed by atoms with Crippen molar-refractivity contribution in [1.82, 2.24) is 20.2 Å². The van der Waals surface area contributed by atoms with Crippen LogP contribution in [0.5, 0.6) is 17.2 Å². The average Bonchev–Trinajstić information content (AvgIpc) is 3.21. The molecule has 148 valence electrons. The third-order valence-electron chi connectivity index (χ3n) is 4.29. The number of aromatic amines is 1. The number of nitrogens with one attached hydrogen (secondary N) is 3. The van der Waals surface area contributed by atoms with Crippen LogP contribution in [0.1, 0.15) is 0 Å². The second kappa shape index (κ2) is 7.93. The number of fused-ring (bicyclic) bond motifs is 1. The highest BCUT2D eigenvalue weighted by Gasteiger charge is 2.14. The van der Waals surface area contributed by atoms with E-state index in [0.29, 0.717) is 34.7 Å². The van der Waals surface area contributed by atoms with Crippen LogP contribution in [0, 0.1) is 0 Å². The van der Waals surface area contributed by atoms with Gasteiger partial charge in [-0.25, -0.2) is 4.98 Å². The first-order valence-electron chi connectivity index (χ1n) is 8.80. The standard InChI is InChI=1S/C20H20N6O3/c1-27-16-9-14(10-17(28-2)19(16)29-3)24-20-21-7-6-18(25-20)23-13-4-5-15-12(8-13)11-22-26-15/h4-11H,1-3H3,(H,22,26)(H2,21,23,24,25). The molecule has 0 saturated heterocycles. The normalized spacial score (nSPS) is 10.6. The fourth-order valence-electron chi connectivity index (χ4n) is 2.94. The number of anilines is 4. The Morgan fingerprint density at radius 2 is 1.66 bits per heavy atom. The van der Waals surface area contributed by atoms with Crippen LogP contribution >= 0.6 is 0 Å². The molecule has 4 rings (SSSR count). The number of aromatic nitrogens is 4. The summed E-state index contributed by atoms with van der Waals surface area (Å²) in [5, 5.41) is 14.4. The first-order chi connectivity index (χ1) is 14.2. The maximum absolute atomic E-state index is 5.38. The first-order valence-corrected chi connectivity index (χ1v) is 8.80. The Kier molecular flexibility index (Phi) is 5.02. The van der Waals surface area contributed by atoms with Gasteiger partial charge in [0.15, 0.2) is 11.5 Å². The van der Waals surface area contributed by atoms with Crippen LogP contribution in [0.4, 0.5) is 23.1 Å². The second-order valence-electron chi connectivity index (χ2n) is 6.10. The van der Waals surface area contributed by atoms with E-state index in [1.807, 2.05) is 18.2 Å². The predicted octanol–water partition coefficient (Wildman–Crippen LogP) is 3.87. The Bertz CT molecular complexity index is 1120. The summed E-state index contributed by atoms with van der Waals surface area (Å²) in [6, 6.07) is 11.3. The number of nitrogens with zero attached hydrogens (tertiary/aromatic N) is 3. The van der Waals surface area contributed by atoms with Gasteiger partial charge in [-0.2, -0.15) is 10.1 Å². The van der Waals surface area contributed by atoms with Gasteiger partial charge < -0.3 is 24.8 Å². The lowest BCUT2D eigenvalue weighted by Crippen LogP contribution is -2.02. The molecule has 9 nitrogen and oxygen atoms in total. The highest BCUT2D eigenvalue weighted by molar-refractivity contribution is 5.82. The molecule has 0 radical (unpaired) electrons. The molecule has 4 aromatic rings. The van der Waals surface area contributed by atoms with E-state index in [9.17, 15) is 0 Å². The number of hydrogen-bond donors (Lipinski definition) is 3. The molecule has 3 N–H and O–H groups in total. The van der Waals surface area contributed by atoms with E-state index in [2.05, 4.69) is 30.8 Å². The van der Waals surface area contributed by atoms with Gasteiger partial charge >= 0.3 is 0 Å². The van der Waals surface area contributed by atoms with Crippen molar-refractivity contribution < 1.29 is 14.2 Å². The van der Waals surface area contributed by atoms with Gasteiger partial charge in [-0.05, 0) is 24.3 Å². The second-order valence-corrected chi connectivity index (χ2v) is 6.10. The third-order valence-corrected chi connectivity index (χ3v) is 4.29. The molecule has 9 heteroatoms. The van der Waals surface area contributed by atoms with E-state index in [4.69, 9.17) is 14.2 Å². The van der Waals surface area contributed by atoms with Gasteiger partial charge in [-0.15, -0.1) is 0 Å². The molecule has 29 heavy (non-hydrogen) atoms. The molecular weight excluding hydrogens is 372 g/mol. The van der Waals surface area contributed by atoms with Crippen LogP contribution in [0.15, 0.2) is 48.8 Å². The number of hydrogen-bond acceptors (Lipinski definition) is 8. The Labute approximate surface area is 167 Å². The highest BCUT2D eigenvalue weighted by Crippen LogP contribution is 2.40. The summed E-state index contributed by atoms with van der Waals surface area (Å²) in [6.07, 6.45) is 3.45. The van der Waals surface area contributed by atoms with Crippen LogP contribution in [0.25, 0.3) is 10.9 Å². The Balaban J connectivity index is 1.57. The minimum absolute atomic E-state index is 0.425. The molecule has 0 amide bonds. The summed E-state index contributed by atoms with van der Waals surface area (Å²) in [4.78, 5) is 8.80. The summed E-state index contributed by atoms with van der Waals surface area (Å²) >= 11 is 0. The minimum atomic E-state index is 0.425. The highest BCUT2D eigenvalue weighted by atomic mass is 16.5. The zero-order valence-corrected chi connectivity index (χ0v) is 16.2. The Hall–Kier alpha value is -4.01. The molecule has 2 aromatic carbocycles. The van der Waals surface area contributed by atoms with Gasteiger partial charge in [0.25, 0.3) is 0 Å². The van der Waals surface area contributed by atoms with Crippen LogP contribution in [-0.2, 0) is 0 Å². The van der Waals surface area contributed by atoms with E-state index in [1.165, 1.54) is 0 Å². The van der Waals surface area contributed by atoms with Crippen molar-refractivity contribution in [1.29, 1.82) is 0 Å². The van der Waals surface area contributed by atoms with Crippen molar-refractivity contribution in [3.05, 3.63) is 48.8 Å². The smallest absolute Gasteiger partial charge is 0.229 e. The number of rotatable bonds is 7. The van der Waals surface area contributed by atoms with Gasteiger partial charge in [-0.1, -0.05) is 0 Å². The van der Waals surface area contributed by atoms with Gasteiger partial charge in [-0.3, -0.25) is 5.10 Å². The molecule has 0 fully saturated rings. The molecule has 0 saturated carbocycles. The summed E-state index contributed by atoms with van der Waals surface area (Å²) < 4.78 is 16.1. The summed E-state index contributed by atoms with van der Waals surface area (Å²) in [7, 11) is 4.70. The number of ether oxygens (including phenoxy) is 3. The minimum Gasteiger partial charge on any atom is -0.493 e. The van der Waals surface area contributed by atoms with Gasteiger partial charge in [0.1, 0.15) is 5.82 Å². The van der Waals surface area contributed by atoms with Gasteiger partial charge in [0.2, 0.25) is 11.7 Å². The molecular formula is C20H20N6O3. The van der Waals surface area contributed by atoms with E-state index in [1.54, 1.807) is 51.9 Å². The fraction of sp³-hybridized carbons (Fsp3) is 0.150. The largest absolute Gasteiger partial charge is 0.493 e. The Morgan fingerprint density at radius 1 is 0.862 bits per heavy atom. The summed E-state index contributed by atoms with van der Waals surface area (Å²) in [6.45, 7) is 0. The van der Waals surface area contributed by atoms with E-state index < -0.39 is 0 Å². The SMILES string of the molecule is COc1cc(Nc2nccc(Nc3ccc4[nH]ncc4c3)n2)cc(OC)c1OC. The molecule has 0 atom stereocenters. The molecule has 0 aliphatic heterocycles. The lowest BCUT2D eigenvalue weighted by Gasteiger charge is -2.15. The van der Waals surface area contributed by atoms with Crippen molar-refractivity contribution in [2.75, 3.05) is 32.0 Å². The maximum Gasteiger partial charge on any atom is 0.229 e. The molecule has 0 bridgehead atoms. The van der Waals surface area contributed by atoms with Crippen molar-refractivity contribution in [2.45, 2.75) is 0 Å². The molecule has 0 unspecified atom stereocenters. The van der Waals surface area contributed by atoms with E-state index in [-0.39, 0.29) is 0 Å². The summed E-state index contributed by atoms with van der Waals surface area (Å²) in [5.74, 6) is 2.67. The summed E-state index contributed by atoms with van der Waals surface area (Å²) in [5.41, 5.74) is 2.58. The van der Waals surface area contributed by atoms with E-state index >= 15 is 0 Å². The molecule has 0 aliphatic carbocycles. The quantitative estimate of drug-likeness (QED) is 0.435. The van der Waals surface area contributed by atoms with Crippen LogP contribution in [0.2, 0.25) is 0 Å². The number of H-pyrrole nitrogens is 1. The monoisotopic (exact) mass is 392 g/mol. The van der Waals surface area contributed by atoms with Gasteiger partial charge in [0, 0.05) is 35.1 Å². The van der Waals surface area contributed by atoms with Crippen LogP contribution < -0.4 is 24.8 Å². The van der Waals surface area contributed by atoms with E-state index in [0.717, 1.165) is 16.6 Å². The van der Waals surface area contributed by atoms with Crippen molar-refractivity contribution in [3.63, 3.8) is 0 Å². The van der Waals surface area contributed by atoms with Crippen LogP contribution in [0.3, 0.4) is 0 Å². The number of methoxy groups -OCH3 is 3. The Morgan fingerprint density at radius 3 is 2.38 bits per heavy atom. The molecule has 2 aromatic heterocycles. The zero-order valence-electron chi connectivity index (χ0n) is 16.2. The van der Waals surface area contributed by atoms with Gasteiger partial charge in [0.05, 0.1) is 33.0 Å². The third kappa shape index (κ3) is 3.84.